The van der Waals surface area contributed by atoms with Crippen molar-refractivity contribution in [1.82, 2.24) is 15.3 Å². The van der Waals surface area contributed by atoms with Crippen molar-refractivity contribution in [3.8, 4) is 11.6 Å². The number of ether oxygens (including phenoxy) is 1. The molecule has 1 amide bonds. The lowest BCUT2D eigenvalue weighted by molar-refractivity contribution is -0.125. The lowest BCUT2D eigenvalue weighted by Gasteiger charge is -2.33. The number of carbonyl (C=O) groups is 1. The normalized spacial score (nSPS) is 16.1. The third-order valence-electron chi connectivity index (χ3n) is 5.16. The Morgan fingerprint density at radius 2 is 2.00 bits per heavy atom. The van der Waals surface area contributed by atoms with E-state index in [1.54, 1.807) is 18.5 Å². The van der Waals surface area contributed by atoms with Gasteiger partial charge in [-0.2, -0.15) is 0 Å². The zero-order valence-electron chi connectivity index (χ0n) is 16.8. The van der Waals surface area contributed by atoms with Gasteiger partial charge in [0.25, 0.3) is 5.88 Å². The summed E-state index contributed by atoms with van der Waals surface area (Å²) in [4.78, 5) is 23.6. The number of para-hydroxylation sites is 1. The van der Waals surface area contributed by atoms with E-state index in [0.29, 0.717) is 34.6 Å². The molecule has 2 aromatic carbocycles. The predicted octanol–water partition coefficient (Wildman–Crippen LogP) is 4.59. The fourth-order valence-electron chi connectivity index (χ4n) is 3.58. The third-order valence-corrected chi connectivity index (χ3v) is 5.52. The molecule has 1 saturated heterocycles. The third kappa shape index (κ3) is 5.30. The van der Waals surface area contributed by atoms with E-state index in [9.17, 15) is 9.18 Å². The molecule has 6 nitrogen and oxygen atoms in total. The second-order valence-electron chi connectivity index (χ2n) is 7.34. The summed E-state index contributed by atoms with van der Waals surface area (Å²) in [7, 11) is 0. The molecule has 2 heterocycles. The van der Waals surface area contributed by atoms with Gasteiger partial charge in [0.05, 0.1) is 5.92 Å². The molecular weight excluding hydrogens is 419 g/mol. The number of nitrogens with one attached hydrogen (secondary N) is 1. The number of amides is 1. The Morgan fingerprint density at radius 3 is 2.81 bits per heavy atom. The summed E-state index contributed by atoms with van der Waals surface area (Å²) in [6.07, 6.45) is 4.82. The zero-order valence-corrected chi connectivity index (χ0v) is 17.6. The Labute approximate surface area is 185 Å². The van der Waals surface area contributed by atoms with Crippen molar-refractivity contribution in [2.75, 3.05) is 18.0 Å². The molecule has 1 atom stereocenters. The minimum absolute atomic E-state index is 0.0699. The van der Waals surface area contributed by atoms with Crippen LogP contribution in [0.1, 0.15) is 18.4 Å². The van der Waals surface area contributed by atoms with Gasteiger partial charge < -0.3 is 15.0 Å². The standard InChI is InChI=1S/C23H22ClFN4O2/c24-20-13-18(25)9-8-16(20)14-28-22(30)17-5-4-12-29(15-17)21-23(27-11-10-26-21)31-19-6-2-1-3-7-19/h1-3,6-11,13,17H,4-5,12,14-15H2,(H,28,30)/t17-/m0/s1. The molecule has 0 bridgehead atoms. The number of aromatic nitrogens is 2. The average molecular weight is 441 g/mol. The first-order valence-electron chi connectivity index (χ1n) is 10.1. The molecule has 0 unspecified atom stereocenters. The van der Waals surface area contributed by atoms with Crippen LogP contribution in [0.15, 0.2) is 60.9 Å². The molecule has 0 radical (unpaired) electrons. The number of rotatable bonds is 6. The SMILES string of the molecule is O=C(NCc1ccc(F)cc1Cl)[C@H]1CCCN(c2nccnc2Oc2ccccc2)C1. The summed E-state index contributed by atoms with van der Waals surface area (Å²) in [5.74, 6) is 1.02. The number of hydrogen-bond donors (Lipinski definition) is 1. The molecule has 1 N–H and O–H groups in total. The lowest BCUT2D eigenvalue weighted by atomic mass is 9.97. The summed E-state index contributed by atoms with van der Waals surface area (Å²) in [5.41, 5.74) is 0.677. The summed E-state index contributed by atoms with van der Waals surface area (Å²) in [6, 6.07) is 13.6. The van der Waals surface area contributed by atoms with Crippen LogP contribution in [0.3, 0.4) is 0 Å². The van der Waals surface area contributed by atoms with Gasteiger partial charge in [-0.25, -0.2) is 14.4 Å². The Hall–Kier alpha value is -3.19. The fourth-order valence-corrected chi connectivity index (χ4v) is 3.82. The molecule has 1 aliphatic rings. The average Bonchev–Trinajstić information content (AvgIpc) is 2.79. The monoisotopic (exact) mass is 440 g/mol. The summed E-state index contributed by atoms with van der Waals surface area (Å²) < 4.78 is 19.1. The summed E-state index contributed by atoms with van der Waals surface area (Å²) in [6.45, 7) is 1.52. The van der Waals surface area contributed by atoms with Crippen LogP contribution < -0.4 is 15.0 Å². The van der Waals surface area contributed by atoms with Crippen LogP contribution in [0.4, 0.5) is 10.2 Å². The largest absolute Gasteiger partial charge is 0.436 e. The second kappa shape index (κ2) is 9.75. The number of benzene rings is 2. The highest BCUT2D eigenvalue weighted by Gasteiger charge is 2.28. The molecule has 0 aliphatic carbocycles. The number of nitrogens with zero attached hydrogens (tertiary/aromatic N) is 3. The molecule has 160 valence electrons. The Balaban J connectivity index is 1.42. The van der Waals surface area contributed by atoms with E-state index in [-0.39, 0.29) is 18.4 Å². The van der Waals surface area contributed by atoms with E-state index in [1.165, 1.54) is 12.1 Å². The van der Waals surface area contributed by atoms with Crippen molar-refractivity contribution in [3.63, 3.8) is 0 Å². The van der Waals surface area contributed by atoms with Gasteiger partial charge in [0.1, 0.15) is 11.6 Å². The second-order valence-corrected chi connectivity index (χ2v) is 7.75. The Kier molecular flexibility index (Phi) is 6.62. The van der Waals surface area contributed by atoms with Gasteiger partial charge in [-0.1, -0.05) is 35.9 Å². The summed E-state index contributed by atoms with van der Waals surface area (Å²) in [5, 5.41) is 3.21. The van der Waals surface area contributed by atoms with Crippen molar-refractivity contribution in [2.45, 2.75) is 19.4 Å². The Morgan fingerprint density at radius 1 is 1.19 bits per heavy atom. The van der Waals surface area contributed by atoms with E-state index < -0.39 is 5.82 Å². The van der Waals surface area contributed by atoms with Crippen molar-refractivity contribution < 1.29 is 13.9 Å². The molecular formula is C23H22ClFN4O2. The molecule has 8 heteroatoms. The molecule has 1 fully saturated rings. The number of hydrogen-bond acceptors (Lipinski definition) is 5. The van der Waals surface area contributed by atoms with Crippen LogP contribution in [-0.2, 0) is 11.3 Å². The van der Waals surface area contributed by atoms with Crippen LogP contribution in [0, 0.1) is 11.7 Å². The van der Waals surface area contributed by atoms with Crippen LogP contribution in [-0.4, -0.2) is 29.0 Å². The highest BCUT2D eigenvalue weighted by molar-refractivity contribution is 6.31. The molecule has 1 aromatic heterocycles. The van der Waals surface area contributed by atoms with Crippen molar-refractivity contribution >= 4 is 23.3 Å². The van der Waals surface area contributed by atoms with Crippen LogP contribution in [0.25, 0.3) is 0 Å². The Bertz CT molecular complexity index is 1050. The van der Waals surface area contributed by atoms with E-state index in [4.69, 9.17) is 16.3 Å². The number of piperidine rings is 1. The molecule has 0 spiro atoms. The maximum atomic E-state index is 13.2. The molecule has 31 heavy (non-hydrogen) atoms. The van der Waals surface area contributed by atoms with Gasteiger partial charge in [-0.05, 0) is 42.7 Å². The van der Waals surface area contributed by atoms with E-state index in [2.05, 4.69) is 15.3 Å². The van der Waals surface area contributed by atoms with Crippen LogP contribution in [0.5, 0.6) is 11.6 Å². The minimum Gasteiger partial charge on any atom is -0.436 e. The predicted molar refractivity (Wildman–Crippen MR) is 117 cm³/mol. The number of anilines is 1. The highest BCUT2D eigenvalue weighted by Crippen LogP contribution is 2.31. The van der Waals surface area contributed by atoms with Crippen molar-refractivity contribution in [2.24, 2.45) is 5.92 Å². The first kappa shape index (κ1) is 21.1. The summed E-state index contributed by atoms with van der Waals surface area (Å²) >= 11 is 6.06. The number of halogens is 2. The quantitative estimate of drug-likeness (QED) is 0.607. The van der Waals surface area contributed by atoms with Gasteiger partial charge in [0.15, 0.2) is 5.82 Å². The van der Waals surface area contributed by atoms with E-state index >= 15 is 0 Å². The molecule has 0 saturated carbocycles. The topological polar surface area (TPSA) is 67.4 Å². The zero-order chi connectivity index (χ0) is 21.6. The smallest absolute Gasteiger partial charge is 0.263 e. The van der Waals surface area contributed by atoms with Gasteiger partial charge in [-0.3, -0.25) is 4.79 Å². The van der Waals surface area contributed by atoms with E-state index in [0.717, 1.165) is 19.4 Å². The van der Waals surface area contributed by atoms with E-state index in [1.807, 2.05) is 35.2 Å². The van der Waals surface area contributed by atoms with Crippen LogP contribution in [0.2, 0.25) is 5.02 Å². The van der Waals surface area contributed by atoms with Gasteiger partial charge in [0, 0.05) is 37.1 Å². The van der Waals surface area contributed by atoms with Gasteiger partial charge in [0.2, 0.25) is 5.91 Å². The first-order valence-corrected chi connectivity index (χ1v) is 10.5. The molecule has 3 aromatic rings. The van der Waals surface area contributed by atoms with Crippen molar-refractivity contribution in [3.05, 3.63) is 77.3 Å². The molecule has 1 aliphatic heterocycles. The van der Waals surface area contributed by atoms with Gasteiger partial charge >= 0.3 is 0 Å². The van der Waals surface area contributed by atoms with Crippen LogP contribution >= 0.6 is 11.6 Å². The molecule has 4 rings (SSSR count). The maximum Gasteiger partial charge on any atom is 0.263 e. The van der Waals surface area contributed by atoms with Gasteiger partial charge in [-0.15, -0.1) is 0 Å². The first-order chi connectivity index (χ1) is 15.1. The van der Waals surface area contributed by atoms with Crippen molar-refractivity contribution in [1.29, 1.82) is 0 Å². The maximum absolute atomic E-state index is 13.2. The fraction of sp³-hybridized carbons (Fsp3) is 0.261. The minimum atomic E-state index is -0.402. The lowest BCUT2D eigenvalue weighted by Crippen LogP contribution is -2.43. The highest BCUT2D eigenvalue weighted by atomic mass is 35.5. The number of carbonyl (C=O) groups excluding carboxylic acids is 1.